The van der Waals surface area contributed by atoms with Crippen LogP contribution in [-0.4, -0.2) is 62.8 Å². The van der Waals surface area contributed by atoms with Gasteiger partial charge in [0.2, 0.25) is 5.91 Å². The molecule has 2 aliphatic rings. The van der Waals surface area contributed by atoms with Gasteiger partial charge in [0.25, 0.3) is 0 Å². The van der Waals surface area contributed by atoms with E-state index in [2.05, 4.69) is 15.5 Å². The summed E-state index contributed by atoms with van der Waals surface area (Å²) in [7, 11) is 1.72. The van der Waals surface area contributed by atoms with E-state index in [1.165, 1.54) is 6.42 Å². The smallest absolute Gasteiger partial charge is 0.222 e. The molecule has 5 heteroatoms. The van der Waals surface area contributed by atoms with Gasteiger partial charge in [0.1, 0.15) is 0 Å². The van der Waals surface area contributed by atoms with Crippen LogP contribution in [0.15, 0.2) is 0 Å². The summed E-state index contributed by atoms with van der Waals surface area (Å²) in [4.78, 5) is 14.3. The van der Waals surface area contributed by atoms with Gasteiger partial charge in [-0.15, -0.1) is 0 Å². The zero-order valence-corrected chi connectivity index (χ0v) is 12.0. The predicted octanol–water partition coefficient (Wildman–Crippen LogP) is 0.357. The lowest BCUT2D eigenvalue weighted by Gasteiger charge is -2.39. The first-order valence-electron chi connectivity index (χ1n) is 7.49. The van der Waals surface area contributed by atoms with Gasteiger partial charge in [0, 0.05) is 39.8 Å². The minimum atomic E-state index is -0.150. The molecule has 1 heterocycles. The third kappa shape index (κ3) is 4.44. The monoisotopic (exact) mass is 269 g/mol. The van der Waals surface area contributed by atoms with Crippen LogP contribution in [-0.2, 0) is 9.53 Å². The maximum absolute atomic E-state index is 11.8. The molecule has 110 valence electrons. The van der Waals surface area contributed by atoms with Crippen LogP contribution in [0.25, 0.3) is 0 Å². The summed E-state index contributed by atoms with van der Waals surface area (Å²) >= 11 is 0. The molecule has 0 bridgehead atoms. The Kier molecular flexibility index (Phi) is 5.60. The van der Waals surface area contributed by atoms with Gasteiger partial charge in [-0.05, 0) is 32.2 Å². The van der Waals surface area contributed by atoms with E-state index in [4.69, 9.17) is 4.74 Å². The largest absolute Gasteiger partial charge is 0.378 e. The van der Waals surface area contributed by atoms with Crippen molar-refractivity contribution in [1.29, 1.82) is 0 Å². The second-order valence-corrected chi connectivity index (χ2v) is 5.71. The third-order valence-corrected chi connectivity index (χ3v) is 4.36. The fraction of sp³-hybridized carbons (Fsp3) is 0.929. The molecule has 2 rings (SSSR count). The number of rotatable bonds is 7. The highest BCUT2D eigenvalue weighted by Gasteiger charge is 2.38. The summed E-state index contributed by atoms with van der Waals surface area (Å²) in [5, 5.41) is 6.36. The SMILES string of the molecule is COC1(CC(=O)NCCCN2CCNCC2)CCC1. The van der Waals surface area contributed by atoms with E-state index < -0.39 is 0 Å². The highest BCUT2D eigenvalue weighted by molar-refractivity contribution is 5.77. The van der Waals surface area contributed by atoms with Crippen molar-refractivity contribution in [2.75, 3.05) is 46.4 Å². The molecule has 0 aromatic carbocycles. The summed E-state index contributed by atoms with van der Waals surface area (Å²) in [5.74, 6) is 0.141. The van der Waals surface area contributed by atoms with Crippen LogP contribution in [0.3, 0.4) is 0 Å². The van der Waals surface area contributed by atoms with Crippen molar-refractivity contribution in [3.8, 4) is 0 Å². The average Bonchev–Trinajstić information content (AvgIpc) is 2.40. The number of nitrogens with one attached hydrogen (secondary N) is 2. The topological polar surface area (TPSA) is 53.6 Å². The van der Waals surface area contributed by atoms with Crippen molar-refractivity contribution >= 4 is 5.91 Å². The molecule has 0 radical (unpaired) electrons. The predicted molar refractivity (Wildman–Crippen MR) is 75.1 cm³/mol. The first-order chi connectivity index (χ1) is 9.24. The lowest BCUT2D eigenvalue weighted by Crippen LogP contribution is -2.45. The first kappa shape index (κ1) is 14.8. The Bertz CT molecular complexity index is 281. The van der Waals surface area contributed by atoms with Gasteiger partial charge in [-0.25, -0.2) is 0 Å². The lowest BCUT2D eigenvalue weighted by atomic mass is 9.77. The highest BCUT2D eigenvalue weighted by Crippen LogP contribution is 2.37. The second kappa shape index (κ2) is 7.22. The molecule has 1 aliphatic heterocycles. The van der Waals surface area contributed by atoms with Crippen LogP contribution in [0.5, 0.6) is 0 Å². The zero-order chi connectivity index (χ0) is 13.6. The molecule has 2 fully saturated rings. The van der Waals surface area contributed by atoms with Crippen molar-refractivity contribution < 1.29 is 9.53 Å². The number of hydrogen-bond donors (Lipinski definition) is 2. The molecule has 0 atom stereocenters. The van der Waals surface area contributed by atoms with Crippen molar-refractivity contribution in [2.45, 2.75) is 37.7 Å². The number of ether oxygens (including phenoxy) is 1. The summed E-state index contributed by atoms with van der Waals surface area (Å²) in [6, 6.07) is 0. The van der Waals surface area contributed by atoms with E-state index in [1.807, 2.05) is 0 Å². The molecule has 2 N–H and O–H groups in total. The molecular weight excluding hydrogens is 242 g/mol. The molecule has 0 unspecified atom stereocenters. The van der Waals surface area contributed by atoms with E-state index >= 15 is 0 Å². The third-order valence-electron chi connectivity index (χ3n) is 4.36. The van der Waals surface area contributed by atoms with E-state index in [0.29, 0.717) is 6.42 Å². The summed E-state index contributed by atoms with van der Waals surface area (Å²) in [6.45, 7) is 6.28. The van der Waals surface area contributed by atoms with Gasteiger partial charge >= 0.3 is 0 Å². The Hall–Kier alpha value is -0.650. The number of hydrogen-bond acceptors (Lipinski definition) is 4. The molecule has 0 aromatic heterocycles. The van der Waals surface area contributed by atoms with Gasteiger partial charge in [-0.1, -0.05) is 0 Å². The van der Waals surface area contributed by atoms with Crippen molar-refractivity contribution in [3.05, 3.63) is 0 Å². The molecular formula is C14H27N3O2. The Morgan fingerprint density at radius 1 is 1.37 bits per heavy atom. The summed E-state index contributed by atoms with van der Waals surface area (Å²) < 4.78 is 5.47. The Balaban J connectivity index is 1.53. The van der Waals surface area contributed by atoms with E-state index in [0.717, 1.165) is 58.5 Å². The molecule has 0 spiro atoms. The van der Waals surface area contributed by atoms with Gasteiger partial charge in [0.05, 0.1) is 12.0 Å². The van der Waals surface area contributed by atoms with Gasteiger partial charge < -0.3 is 20.3 Å². The molecule has 0 aromatic rings. The maximum atomic E-state index is 11.8. The van der Waals surface area contributed by atoms with Crippen LogP contribution >= 0.6 is 0 Å². The van der Waals surface area contributed by atoms with E-state index in [1.54, 1.807) is 7.11 Å². The lowest BCUT2D eigenvalue weighted by molar-refractivity contribution is -0.134. The molecule has 1 amide bonds. The van der Waals surface area contributed by atoms with Gasteiger partial charge in [0.15, 0.2) is 0 Å². The molecule has 1 saturated carbocycles. The average molecular weight is 269 g/mol. The molecule has 1 saturated heterocycles. The fourth-order valence-electron chi connectivity index (χ4n) is 2.84. The molecule has 5 nitrogen and oxygen atoms in total. The summed E-state index contributed by atoms with van der Waals surface area (Å²) in [6.07, 6.45) is 4.79. The standard InChI is InChI=1S/C14H27N3O2/c1-19-14(4-2-5-14)12-13(18)16-6-3-9-17-10-7-15-8-11-17/h15H,2-12H2,1H3,(H,16,18). The summed E-state index contributed by atoms with van der Waals surface area (Å²) in [5.41, 5.74) is -0.150. The Morgan fingerprint density at radius 2 is 2.11 bits per heavy atom. The van der Waals surface area contributed by atoms with Crippen LogP contribution in [0.4, 0.5) is 0 Å². The van der Waals surface area contributed by atoms with Crippen LogP contribution in [0.2, 0.25) is 0 Å². The number of methoxy groups -OCH3 is 1. The number of amides is 1. The van der Waals surface area contributed by atoms with Crippen molar-refractivity contribution in [1.82, 2.24) is 15.5 Å². The van der Waals surface area contributed by atoms with Crippen LogP contribution in [0.1, 0.15) is 32.1 Å². The van der Waals surface area contributed by atoms with Crippen molar-refractivity contribution in [2.24, 2.45) is 0 Å². The minimum absolute atomic E-state index is 0.141. The normalized spacial score (nSPS) is 22.8. The fourth-order valence-corrected chi connectivity index (χ4v) is 2.84. The number of nitrogens with zero attached hydrogens (tertiary/aromatic N) is 1. The van der Waals surface area contributed by atoms with Gasteiger partial charge in [-0.3, -0.25) is 4.79 Å². The maximum Gasteiger partial charge on any atom is 0.222 e. The zero-order valence-electron chi connectivity index (χ0n) is 12.0. The quantitative estimate of drug-likeness (QED) is 0.655. The Labute approximate surface area is 116 Å². The molecule has 19 heavy (non-hydrogen) atoms. The number of carbonyl (C=O) groups excluding carboxylic acids is 1. The van der Waals surface area contributed by atoms with E-state index in [9.17, 15) is 4.79 Å². The van der Waals surface area contributed by atoms with Crippen molar-refractivity contribution in [3.63, 3.8) is 0 Å². The van der Waals surface area contributed by atoms with E-state index in [-0.39, 0.29) is 11.5 Å². The van der Waals surface area contributed by atoms with Gasteiger partial charge in [-0.2, -0.15) is 0 Å². The second-order valence-electron chi connectivity index (χ2n) is 5.71. The first-order valence-corrected chi connectivity index (χ1v) is 7.49. The minimum Gasteiger partial charge on any atom is -0.378 e. The molecule has 1 aliphatic carbocycles. The van der Waals surface area contributed by atoms with Crippen LogP contribution < -0.4 is 10.6 Å². The Morgan fingerprint density at radius 3 is 2.68 bits per heavy atom. The van der Waals surface area contributed by atoms with Crippen LogP contribution in [0, 0.1) is 0 Å². The number of carbonyl (C=O) groups is 1. The number of piperazine rings is 1. The highest BCUT2D eigenvalue weighted by atomic mass is 16.5.